The van der Waals surface area contributed by atoms with E-state index < -0.39 is 18.1 Å². The van der Waals surface area contributed by atoms with Gasteiger partial charge in [-0.1, -0.05) is 0 Å². The number of amides is 1. The number of hydrogen-bond acceptors (Lipinski definition) is 4. The molecular formula is C11H11F2N3O2. The van der Waals surface area contributed by atoms with Crippen molar-refractivity contribution in [3.8, 4) is 0 Å². The smallest absolute Gasteiger partial charge is 0.287 e. The number of hydrazone groups is 1. The van der Waals surface area contributed by atoms with Crippen molar-refractivity contribution >= 4 is 11.6 Å². The predicted octanol–water partition coefficient (Wildman–Crippen LogP) is 1.26. The highest BCUT2D eigenvalue weighted by Gasteiger charge is 2.51. The molecule has 2 rings (SSSR count). The number of nitrogens with zero attached hydrogens (tertiary/aromatic N) is 3. The highest BCUT2D eigenvalue weighted by Crippen LogP contribution is 2.32. The summed E-state index contributed by atoms with van der Waals surface area (Å²) in [6.45, 7) is 1.48. The molecular weight excluding hydrogens is 244 g/mol. The molecule has 1 aromatic rings. The Morgan fingerprint density at radius 1 is 1.61 bits per heavy atom. The number of aliphatic hydroxyl groups is 1. The van der Waals surface area contributed by atoms with Crippen LogP contribution in [0.15, 0.2) is 29.6 Å². The van der Waals surface area contributed by atoms with E-state index in [9.17, 15) is 18.7 Å². The summed E-state index contributed by atoms with van der Waals surface area (Å²) in [5.74, 6) is -0.803. The SMILES string of the molecule is CC1=NN(C(=O)c2cccnc2)[C@](O)(C(F)F)C1. The van der Waals surface area contributed by atoms with E-state index in [0.717, 1.165) is 0 Å². The quantitative estimate of drug-likeness (QED) is 0.865. The minimum Gasteiger partial charge on any atom is -0.364 e. The molecule has 0 unspecified atom stereocenters. The first kappa shape index (κ1) is 12.6. The van der Waals surface area contributed by atoms with E-state index in [4.69, 9.17) is 0 Å². The van der Waals surface area contributed by atoms with Crippen molar-refractivity contribution in [1.82, 2.24) is 9.99 Å². The lowest BCUT2D eigenvalue weighted by molar-refractivity contribution is -0.164. The maximum atomic E-state index is 12.9. The Kier molecular flexibility index (Phi) is 3.08. The average molecular weight is 255 g/mol. The van der Waals surface area contributed by atoms with E-state index in [1.54, 1.807) is 0 Å². The van der Waals surface area contributed by atoms with Gasteiger partial charge in [-0.2, -0.15) is 10.1 Å². The summed E-state index contributed by atoms with van der Waals surface area (Å²) in [6.07, 6.45) is -0.776. The number of pyridine rings is 1. The molecule has 0 saturated heterocycles. The van der Waals surface area contributed by atoms with Gasteiger partial charge in [-0.15, -0.1) is 0 Å². The van der Waals surface area contributed by atoms with Crippen LogP contribution in [0.4, 0.5) is 8.78 Å². The van der Waals surface area contributed by atoms with Crippen LogP contribution in [0.5, 0.6) is 0 Å². The lowest BCUT2D eigenvalue weighted by Gasteiger charge is -2.29. The number of rotatable bonds is 2. The molecule has 0 aromatic carbocycles. The van der Waals surface area contributed by atoms with Crippen molar-refractivity contribution in [2.24, 2.45) is 5.10 Å². The fourth-order valence-electron chi connectivity index (χ4n) is 1.75. The zero-order chi connectivity index (χ0) is 13.3. The van der Waals surface area contributed by atoms with E-state index >= 15 is 0 Å². The Balaban J connectivity index is 2.34. The summed E-state index contributed by atoms with van der Waals surface area (Å²) in [6, 6.07) is 2.92. The van der Waals surface area contributed by atoms with Gasteiger partial charge in [0.25, 0.3) is 12.3 Å². The molecule has 0 spiro atoms. The Bertz CT molecular complexity index is 492. The van der Waals surface area contributed by atoms with Crippen molar-refractivity contribution in [1.29, 1.82) is 0 Å². The Morgan fingerprint density at radius 3 is 2.89 bits per heavy atom. The first-order chi connectivity index (χ1) is 8.45. The van der Waals surface area contributed by atoms with E-state index in [-0.39, 0.29) is 17.7 Å². The molecule has 1 atom stereocenters. The molecule has 2 heterocycles. The van der Waals surface area contributed by atoms with Crippen LogP contribution in [0, 0.1) is 0 Å². The van der Waals surface area contributed by atoms with E-state index in [1.807, 2.05) is 0 Å². The number of hydrogen-bond donors (Lipinski definition) is 1. The third-order valence-electron chi connectivity index (χ3n) is 2.60. The van der Waals surface area contributed by atoms with Crippen LogP contribution in [0.25, 0.3) is 0 Å². The minimum absolute atomic E-state index is 0.0926. The average Bonchev–Trinajstić information content (AvgIpc) is 2.66. The number of alkyl halides is 2. The van der Waals surface area contributed by atoms with Gasteiger partial charge < -0.3 is 5.11 Å². The second-order valence-corrected chi connectivity index (χ2v) is 4.05. The van der Waals surface area contributed by atoms with Crippen molar-refractivity contribution in [2.75, 3.05) is 0 Å². The monoisotopic (exact) mass is 255 g/mol. The molecule has 7 heteroatoms. The van der Waals surface area contributed by atoms with E-state index in [0.29, 0.717) is 5.01 Å². The van der Waals surface area contributed by atoms with E-state index in [2.05, 4.69) is 10.1 Å². The lowest BCUT2D eigenvalue weighted by atomic mass is 10.1. The molecule has 5 nitrogen and oxygen atoms in total. The molecule has 1 aliphatic heterocycles. The highest BCUT2D eigenvalue weighted by atomic mass is 19.3. The summed E-state index contributed by atoms with van der Waals surface area (Å²) in [7, 11) is 0. The number of carbonyl (C=O) groups excluding carboxylic acids is 1. The normalized spacial score (nSPS) is 23.4. The summed E-state index contributed by atoms with van der Waals surface area (Å²) in [4.78, 5) is 15.7. The van der Waals surface area contributed by atoms with Gasteiger partial charge in [-0.25, -0.2) is 8.78 Å². The third-order valence-corrected chi connectivity index (χ3v) is 2.60. The van der Waals surface area contributed by atoms with Crippen molar-refractivity contribution in [3.05, 3.63) is 30.1 Å². The predicted molar refractivity (Wildman–Crippen MR) is 59.1 cm³/mol. The van der Waals surface area contributed by atoms with Crippen LogP contribution in [0.2, 0.25) is 0 Å². The zero-order valence-electron chi connectivity index (χ0n) is 9.55. The van der Waals surface area contributed by atoms with Crippen LogP contribution in [0.1, 0.15) is 23.7 Å². The summed E-state index contributed by atoms with van der Waals surface area (Å²) < 4.78 is 25.8. The Hall–Kier alpha value is -1.89. The van der Waals surface area contributed by atoms with Crippen LogP contribution < -0.4 is 0 Å². The fraction of sp³-hybridized carbons (Fsp3) is 0.364. The topological polar surface area (TPSA) is 65.8 Å². The molecule has 1 aliphatic rings. The van der Waals surface area contributed by atoms with Crippen LogP contribution >= 0.6 is 0 Å². The molecule has 0 radical (unpaired) electrons. The maximum absolute atomic E-state index is 12.9. The molecule has 1 amide bonds. The van der Waals surface area contributed by atoms with E-state index in [1.165, 1.54) is 31.5 Å². The Labute approximate surface area is 102 Å². The standard InChI is InChI=1S/C11H11F2N3O2/c1-7-5-11(18,10(12)13)16(15-7)9(17)8-3-2-4-14-6-8/h2-4,6,10,18H,5H2,1H3/t11-/m1/s1. The zero-order valence-corrected chi connectivity index (χ0v) is 9.55. The van der Waals surface area contributed by atoms with Gasteiger partial charge in [-0.05, 0) is 19.1 Å². The van der Waals surface area contributed by atoms with Crippen molar-refractivity contribution in [2.45, 2.75) is 25.5 Å². The molecule has 96 valence electrons. The van der Waals surface area contributed by atoms with Gasteiger partial charge >= 0.3 is 0 Å². The highest BCUT2D eigenvalue weighted by molar-refractivity contribution is 5.97. The summed E-state index contributed by atoms with van der Waals surface area (Å²) in [5.41, 5.74) is -2.21. The molecule has 18 heavy (non-hydrogen) atoms. The number of halogens is 2. The second-order valence-electron chi connectivity index (χ2n) is 4.05. The summed E-state index contributed by atoms with van der Waals surface area (Å²) >= 11 is 0. The first-order valence-electron chi connectivity index (χ1n) is 5.24. The van der Waals surface area contributed by atoms with Gasteiger partial charge in [0.2, 0.25) is 5.72 Å². The van der Waals surface area contributed by atoms with Crippen LogP contribution in [0.3, 0.4) is 0 Å². The Morgan fingerprint density at radius 2 is 2.33 bits per heavy atom. The van der Waals surface area contributed by atoms with Gasteiger partial charge in [0.15, 0.2) is 0 Å². The van der Waals surface area contributed by atoms with Crippen LogP contribution in [-0.2, 0) is 0 Å². The number of aromatic nitrogens is 1. The second kappa shape index (κ2) is 4.41. The largest absolute Gasteiger partial charge is 0.364 e. The molecule has 1 aromatic heterocycles. The molecule has 1 N–H and O–H groups in total. The summed E-state index contributed by atoms with van der Waals surface area (Å²) in [5, 5.41) is 14.0. The minimum atomic E-state index is -3.10. The van der Waals surface area contributed by atoms with Gasteiger partial charge in [0, 0.05) is 24.5 Å². The molecule has 0 aliphatic carbocycles. The van der Waals surface area contributed by atoms with Crippen LogP contribution in [-0.4, -0.2) is 38.9 Å². The number of carbonyl (C=O) groups is 1. The molecule has 0 fully saturated rings. The maximum Gasteiger partial charge on any atom is 0.287 e. The van der Waals surface area contributed by atoms with Crippen molar-refractivity contribution < 1.29 is 18.7 Å². The van der Waals surface area contributed by atoms with Gasteiger partial charge in [0.1, 0.15) is 0 Å². The lowest BCUT2D eigenvalue weighted by Crippen LogP contribution is -2.51. The molecule has 0 bridgehead atoms. The molecule has 0 saturated carbocycles. The van der Waals surface area contributed by atoms with Gasteiger partial charge in [-0.3, -0.25) is 9.78 Å². The first-order valence-corrected chi connectivity index (χ1v) is 5.24. The third kappa shape index (κ3) is 1.97. The fourth-order valence-corrected chi connectivity index (χ4v) is 1.75. The van der Waals surface area contributed by atoms with Gasteiger partial charge in [0.05, 0.1) is 5.56 Å². The van der Waals surface area contributed by atoms with Crippen molar-refractivity contribution in [3.63, 3.8) is 0 Å².